The van der Waals surface area contributed by atoms with E-state index in [0.29, 0.717) is 18.0 Å². The van der Waals surface area contributed by atoms with Gasteiger partial charge in [-0.2, -0.15) is 0 Å². The van der Waals surface area contributed by atoms with E-state index in [9.17, 15) is 13.2 Å². The van der Waals surface area contributed by atoms with Crippen molar-refractivity contribution in [1.82, 2.24) is 4.90 Å². The Bertz CT molecular complexity index is 678. The molecule has 1 aliphatic heterocycles. The molecule has 134 valence electrons. The number of carbonyl (C=O) groups excluding carboxylic acids is 1. The number of hydrogen-bond acceptors (Lipinski definition) is 4. The fourth-order valence-corrected chi connectivity index (χ4v) is 5.79. The van der Waals surface area contributed by atoms with Crippen LogP contribution in [0.4, 0.5) is 0 Å². The van der Waals surface area contributed by atoms with Crippen LogP contribution in [0, 0.1) is 0 Å². The first-order valence-corrected chi connectivity index (χ1v) is 11.3. The van der Waals surface area contributed by atoms with Gasteiger partial charge in [-0.25, -0.2) is 8.42 Å². The molecule has 1 heterocycles. The summed E-state index contributed by atoms with van der Waals surface area (Å²) in [6.45, 7) is 4.54. The standard InChI is InChI=1S/C17H24ClNO3S2/c1-3-4-10-19(14-9-11-24(21,22)12-14)17(20)13(2)23-16-8-6-5-7-15(16)18/h5-8,13-14H,3-4,9-12H2,1-2H3. The minimum absolute atomic E-state index is 0.00419. The summed E-state index contributed by atoms with van der Waals surface area (Å²) in [4.78, 5) is 15.6. The molecule has 2 atom stereocenters. The van der Waals surface area contributed by atoms with Crippen LogP contribution < -0.4 is 0 Å². The van der Waals surface area contributed by atoms with Crippen LogP contribution in [0.3, 0.4) is 0 Å². The average Bonchev–Trinajstić information content (AvgIpc) is 2.89. The van der Waals surface area contributed by atoms with E-state index >= 15 is 0 Å². The van der Waals surface area contributed by atoms with Crippen molar-refractivity contribution in [3.8, 4) is 0 Å². The Hall–Kier alpha value is -0.720. The van der Waals surface area contributed by atoms with Crippen molar-refractivity contribution < 1.29 is 13.2 Å². The van der Waals surface area contributed by atoms with Crippen molar-refractivity contribution in [2.24, 2.45) is 0 Å². The Morgan fingerprint density at radius 1 is 1.42 bits per heavy atom. The van der Waals surface area contributed by atoms with Crippen molar-refractivity contribution in [2.75, 3.05) is 18.1 Å². The highest BCUT2D eigenvalue weighted by atomic mass is 35.5. The molecule has 1 aromatic rings. The normalized spacial score (nSPS) is 20.7. The Balaban J connectivity index is 2.10. The van der Waals surface area contributed by atoms with E-state index in [1.807, 2.05) is 25.1 Å². The van der Waals surface area contributed by atoms with Crippen LogP contribution in [0.5, 0.6) is 0 Å². The molecule has 2 unspecified atom stereocenters. The summed E-state index contributed by atoms with van der Waals surface area (Å²) < 4.78 is 23.6. The topological polar surface area (TPSA) is 54.5 Å². The first kappa shape index (κ1) is 19.6. The number of thioether (sulfide) groups is 1. The monoisotopic (exact) mass is 389 g/mol. The van der Waals surface area contributed by atoms with Gasteiger partial charge in [0.15, 0.2) is 9.84 Å². The molecule has 24 heavy (non-hydrogen) atoms. The first-order chi connectivity index (χ1) is 11.3. The number of nitrogens with zero attached hydrogens (tertiary/aromatic N) is 1. The lowest BCUT2D eigenvalue weighted by atomic mass is 10.2. The minimum atomic E-state index is -3.01. The van der Waals surface area contributed by atoms with Gasteiger partial charge in [0.05, 0.1) is 21.8 Å². The molecule has 4 nitrogen and oxygen atoms in total. The SMILES string of the molecule is CCCCN(C(=O)C(C)Sc1ccccc1Cl)C1CCS(=O)(=O)C1. The van der Waals surface area contributed by atoms with E-state index in [2.05, 4.69) is 6.92 Å². The number of halogens is 1. The van der Waals surface area contributed by atoms with Crippen LogP contribution in [0.1, 0.15) is 33.1 Å². The molecule has 1 saturated heterocycles. The summed E-state index contributed by atoms with van der Waals surface area (Å²) in [5, 5.41) is 0.329. The van der Waals surface area contributed by atoms with E-state index in [1.54, 1.807) is 11.0 Å². The van der Waals surface area contributed by atoms with Gasteiger partial charge in [-0.1, -0.05) is 37.1 Å². The highest BCUT2D eigenvalue weighted by molar-refractivity contribution is 8.00. The van der Waals surface area contributed by atoms with E-state index in [4.69, 9.17) is 11.6 Å². The number of hydrogen-bond donors (Lipinski definition) is 0. The second kappa shape index (κ2) is 8.59. The largest absolute Gasteiger partial charge is 0.338 e. The van der Waals surface area contributed by atoms with Gasteiger partial charge in [0.25, 0.3) is 0 Å². The number of carbonyl (C=O) groups is 1. The highest BCUT2D eigenvalue weighted by Crippen LogP contribution is 2.31. The fourth-order valence-electron chi connectivity index (χ4n) is 2.84. The van der Waals surface area contributed by atoms with Crippen molar-refractivity contribution in [1.29, 1.82) is 0 Å². The molecular weight excluding hydrogens is 366 g/mol. The van der Waals surface area contributed by atoms with Gasteiger partial charge in [0.1, 0.15) is 0 Å². The zero-order valence-electron chi connectivity index (χ0n) is 14.1. The molecule has 0 radical (unpaired) electrons. The van der Waals surface area contributed by atoms with Crippen LogP contribution in [-0.4, -0.2) is 48.6 Å². The predicted molar refractivity (Wildman–Crippen MR) is 100 cm³/mol. The van der Waals surface area contributed by atoms with E-state index in [-0.39, 0.29) is 28.7 Å². The van der Waals surface area contributed by atoms with Gasteiger partial charge >= 0.3 is 0 Å². The summed E-state index contributed by atoms with van der Waals surface area (Å²) in [5.41, 5.74) is 0. The average molecular weight is 390 g/mol. The molecule has 1 fully saturated rings. The van der Waals surface area contributed by atoms with Crippen LogP contribution in [-0.2, 0) is 14.6 Å². The highest BCUT2D eigenvalue weighted by Gasteiger charge is 2.35. The second-order valence-electron chi connectivity index (χ2n) is 6.13. The molecule has 0 N–H and O–H groups in total. The molecule has 7 heteroatoms. The predicted octanol–water partition coefficient (Wildman–Crippen LogP) is 3.64. The minimum Gasteiger partial charge on any atom is -0.338 e. The third-order valence-corrected chi connectivity index (χ3v) is 7.53. The second-order valence-corrected chi connectivity index (χ2v) is 10.2. The third kappa shape index (κ3) is 5.14. The summed E-state index contributed by atoms with van der Waals surface area (Å²) >= 11 is 7.60. The lowest BCUT2D eigenvalue weighted by molar-refractivity contribution is -0.132. The van der Waals surface area contributed by atoms with Crippen LogP contribution in [0.25, 0.3) is 0 Å². The maximum Gasteiger partial charge on any atom is 0.236 e. The van der Waals surface area contributed by atoms with Gasteiger partial charge < -0.3 is 4.90 Å². The number of benzene rings is 1. The van der Waals surface area contributed by atoms with E-state index in [1.165, 1.54) is 11.8 Å². The molecule has 1 aliphatic rings. The Morgan fingerprint density at radius 2 is 2.12 bits per heavy atom. The fraction of sp³-hybridized carbons (Fsp3) is 0.588. The Labute approximate surface area is 153 Å². The molecule has 0 bridgehead atoms. The van der Waals surface area contributed by atoms with E-state index in [0.717, 1.165) is 17.7 Å². The van der Waals surface area contributed by atoms with Crippen molar-refractivity contribution >= 4 is 39.1 Å². The summed E-state index contributed by atoms with van der Waals surface area (Å²) in [7, 11) is -3.01. The maximum absolute atomic E-state index is 12.9. The molecule has 0 spiro atoms. The zero-order valence-corrected chi connectivity index (χ0v) is 16.5. The van der Waals surface area contributed by atoms with Crippen LogP contribution in [0.15, 0.2) is 29.2 Å². The molecular formula is C17H24ClNO3S2. The number of rotatable bonds is 7. The number of amides is 1. The number of sulfone groups is 1. The maximum atomic E-state index is 12.9. The molecule has 2 rings (SSSR count). The lowest BCUT2D eigenvalue weighted by Gasteiger charge is -2.30. The van der Waals surface area contributed by atoms with Gasteiger partial charge in [-0.05, 0) is 31.9 Å². The quantitative estimate of drug-likeness (QED) is 0.668. The van der Waals surface area contributed by atoms with Gasteiger partial charge in [0.2, 0.25) is 5.91 Å². The molecule has 0 saturated carbocycles. The summed E-state index contributed by atoms with van der Waals surface area (Å²) in [6.07, 6.45) is 2.39. The molecule has 1 amide bonds. The summed E-state index contributed by atoms with van der Waals surface area (Å²) in [5.74, 6) is 0.265. The van der Waals surface area contributed by atoms with Crippen molar-refractivity contribution in [3.63, 3.8) is 0 Å². The van der Waals surface area contributed by atoms with Crippen LogP contribution in [0.2, 0.25) is 5.02 Å². The summed E-state index contributed by atoms with van der Waals surface area (Å²) in [6, 6.07) is 7.26. The first-order valence-electron chi connectivity index (χ1n) is 8.26. The smallest absolute Gasteiger partial charge is 0.236 e. The Morgan fingerprint density at radius 3 is 2.71 bits per heavy atom. The molecule has 0 aromatic heterocycles. The Kier molecular flexibility index (Phi) is 7.01. The van der Waals surface area contributed by atoms with Crippen molar-refractivity contribution in [2.45, 2.75) is 49.3 Å². The van der Waals surface area contributed by atoms with Gasteiger partial charge in [-0.15, -0.1) is 11.8 Å². The zero-order chi connectivity index (χ0) is 17.7. The van der Waals surface area contributed by atoms with Gasteiger partial charge in [-0.3, -0.25) is 4.79 Å². The van der Waals surface area contributed by atoms with E-state index < -0.39 is 9.84 Å². The molecule has 1 aromatic carbocycles. The van der Waals surface area contributed by atoms with Crippen LogP contribution >= 0.6 is 23.4 Å². The van der Waals surface area contributed by atoms with Crippen molar-refractivity contribution in [3.05, 3.63) is 29.3 Å². The third-order valence-electron chi connectivity index (χ3n) is 4.17. The van der Waals surface area contributed by atoms with Gasteiger partial charge in [0, 0.05) is 17.5 Å². The number of unbranched alkanes of at least 4 members (excludes halogenated alkanes) is 1. The molecule has 0 aliphatic carbocycles. The lowest BCUT2D eigenvalue weighted by Crippen LogP contribution is -2.45.